The molecule has 0 aliphatic carbocycles. The Labute approximate surface area is 203 Å². The molecule has 3 heterocycles. The molecule has 0 saturated carbocycles. The highest BCUT2D eigenvalue weighted by molar-refractivity contribution is 6.12. The van der Waals surface area contributed by atoms with Crippen LogP contribution in [0.5, 0.6) is 5.75 Å². The lowest BCUT2D eigenvalue weighted by atomic mass is 10.1. The molecule has 0 fully saturated rings. The molecule has 174 valence electrons. The Balaban J connectivity index is 1.45. The first-order valence-electron chi connectivity index (χ1n) is 11.5. The van der Waals surface area contributed by atoms with Crippen molar-refractivity contribution >= 4 is 22.6 Å². The van der Waals surface area contributed by atoms with Gasteiger partial charge in [-0.05, 0) is 44.2 Å². The highest BCUT2D eigenvalue weighted by Crippen LogP contribution is 2.27. The Morgan fingerprint density at radius 3 is 2.60 bits per heavy atom. The van der Waals surface area contributed by atoms with Gasteiger partial charge in [-0.1, -0.05) is 42.5 Å². The maximum Gasteiger partial charge on any atom is 0.256 e. The van der Waals surface area contributed by atoms with E-state index < -0.39 is 0 Å². The van der Waals surface area contributed by atoms with Crippen LogP contribution < -0.4 is 10.1 Å². The Bertz CT molecular complexity index is 1460. The molecule has 0 saturated heterocycles. The predicted octanol–water partition coefficient (Wildman–Crippen LogP) is 5.91. The Hall–Kier alpha value is -4.52. The second-order valence-corrected chi connectivity index (χ2v) is 8.43. The number of benzene rings is 2. The second kappa shape index (κ2) is 9.77. The van der Waals surface area contributed by atoms with Crippen molar-refractivity contribution in [2.24, 2.45) is 0 Å². The third kappa shape index (κ3) is 4.89. The number of anilines is 1. The van der Waals surface area contributed by atoms with E-state index in [0.717, 1.165) is 17.0 Å². The van der Waals surface area contributed by atoms with Crippen LogP contribution in [-0.4, -0.2) is 25.7 Å². The van der Waals surface area contributed by atoms with Gasteiger partial charge < -0.3 is 10.1 Å². The van der Waals surface area contributed by atoms with E-state index in [1.807, 2.05) is 91.3 Å². The molecule has 7 nitrogen and oxygen atoms in total. The van der Waals surface area contributed by atoms with Gasteiger partial charge in [-0.2, -0.15) is 5.10 Å². The number of carbonyl (C=O) groups is 1. The first-order chi connectivity index (χ1) is 17.1. The summed E-state index contributed by atoms with van der Waals surface area (Å²) >= 11 is 0. The molecule has 1 N–H and O–H groups in total. The smallest absolute Gasteiger partial charge is 0.256 e. The van der Waals surface area contributed by atoms with Crippen LogP contribution in [0.25, 0.3) is 22.3 Å². The molecule has 0 bridgehead atoms. The third-order valence-corrected chi connectivity index (χ3v) is 5.57. The van der Waals surface area contributed by atoms with Crippen molar-refractivity contribution in [3.05, 3.63) is 103 Å². The van der Waals surface area contributed by atoms with Crippen LogP contribution in [-0.2, 0) is 6.61 Å². The van der Waals surface area contributed by atoms with Crippen molar-refractivity contribution in [1.82, 2.24) is 19.7 Å². The summed E-state index contributed by atoms with van der Waals surface area (Å²) in [6, 6.07) is 24.8. The fraction of sp³-hybridized carbons (Fsp3) is 0.143. The van der Waals surface area contributed by atoms with E-state index in [-0.39, 0.29) is 11.9 Å². The summed E-state index contributed by atoms with van der Waals surface area (Å²) in [4.78, 5) is 22.6. The summed E-state index contributed by atoms with van der Waals surface area (Å²) in [5.74, 6) is 0.408. The van der Waals surface area contributed by atoms with E-state index in [2.05, 4.69) is 15.4 Å². The standard InChI is InChI=1S/C28H25N5O2/c1-19(2)33-27-25(17-30-33)24(16-26(32-27)20-9-4-3-5-10-20)28(34)31-21-12-8-13-23(15-21)35-18-22-11-6-7-14-29-22/h3-17,19H,18H2,1-2H3,(H,31,34). The van der Waals surface area contributed by atoms with Gasteiger partial charge in [0.25, 0.3) is 5.91 Å². The van der Waals surface area contributed by atoms with Crippen molar-refractivity contribution in [2.45, 2.75) is 26.5 Å². The molecule has 0 atom stereocenters. The number of hydrogen-bond donors (Lipinski definition) is 1. The number of carbonyl (C=O) groups excluding carboxylic acids is 1. The molecule has 2 aromatic carbocycles. The van der Waals surface area contributed by atoms with Crippen molar-refractivity contribution in [3.8, 4) is 17.0 Å². The maximum absolute atomic E-state index is 13.5. The molecular formula is C28H25N5O2. The van der Waals surface area contributed by atoms with Crippen molar-refractivity contribution in [2.75, 3.05) is 5.32 Å². The number of ether oxygens (including phenoxy) is 1. The molecule has 0 aliphatic rings. The van der Waals surface area contributed by atoms with E-state index in [4.69, 9.17) is 9.72 Å². The van der Waals surface area contributed by atoms with Crippen LogP contribution >= 0.6 is 0 Å². The number of rotatable bonds is 7. The van der Waals surface area contributed by atoms with Crippen LogP contribution in [0.1, 0.15) is 35.9 Å². The molecule has 0 radical (unpaired) electrons. The van der Waals surface area contributed by atoms with Crippen molar-refractivity contribution < 1.29 is 9.53 Å². The lowest BCUT2D eigenvalue weighted by Crippen LogP contribution is -2.13. The number of hydrogen-bond acceptors (Lipinski definition) is 5. The molecule has 5 aromatic rings. The van der Waals surface area contributed by atoms with Gasteiger partial charge in [0.15, 0.2) is 5.65 Å². The van der Waals surface area contributed by atoms with E-state index in [9.17, 15) is 4.79 Å². The number of amides is 1. The van der Waals surface area contributed by atoms with Crippen molar-refractivity contribution in [1.29, 1.82) is 0 Å². The largest absolute Gasteiger partial charge is 0.487 e. The zero-order valence-corrected chi connectivity index (χ0v) is 19.6. The van der Waals surface area contributed by atoms with Crippen LogP contribution in [0.2, 0.25) is 0 Å². The lowest BCUT2D eigenvalue weighted by molar-refractivity contribution is 0.102. The highest BCUT2D eigenvalue weighted by Gasteiger charge is 2.19. The molecular weight excluding hydrogens is 438 g/mol. The van der Waals surface area contributed by atoms with Crippen LogP contribution in [0.15, 0.2) is 91.3 Å². The average molecular weight is 464 g/mol. The van der Waals surface area contributed by atoms with E-state index in [1.165, 1.54) is 0 Å². The van der Waals surface area contributed by atoms with E-state index in [1.54, 1.807) is 18.5 Å². The predicted molar refractivity (Wildman–Crippen MR) is 136 cm³/mol. The van der Waals surface area contributed by atoms with Gasteiger partial charge >= 0.3 is 0 Å². The van der Waals surface area contributed by atoms with Gasteiger partial charge in [0.05, 0.1) is 28.5 Å². The zero-order valence-electron chi connectivity index (χ0n) is 19.6. The van der Waals surface area contributed by atoms with Gasteiger partial charge in [-0.3, -0.25) is 9.78 Å². The monoisotopic (exact) mass is 463 g/mol. The molecule has 5 rings (SSSR count). The topological polar surface area (TPSA) is 81.9 Å². The molecule has 0 aliphatic heterocycles. The summed E-state index contributed by atoms with van der Waals surface area (Å²) in [7, 11) is 0. The third-order valence-electron chi connectivity index (χ3n) is 5.57. The fourth-order valence-corrected chi connectivity index (χ4v) is 3.84. The summed E-state index contributed by atoms with van der Waals surface area (Å²) in [6.07, 6.45) is 3.44. The summed E-state index contributed by atoms with van der Waals surface area (Å²) < 4.78 is 7.70. The normalized spacial score (nSPS) is 11.1. The maximum atomic E-state index is 13.5. The molecule has 0 unspecified atom stereocenters. The minimum Gasteiger partial charge on any atom is -0.487 e. The number of fused-ring (bicyclic) bond motifs is 1. The number of pyridine rings is 2. The van der Waals surface area contributed by atoms with Crippen LogP contribution in [0.4, 0.5) is 5.69 Å². The summed E-state index contributed by atoms with van der Waals surface area (Å²) in [5.41, 5.74) is 4.31. The van der Waals surface area contributed by atoms with E-state index >= 15 is 0 Å². The molecule has 0 spiro atoms. The van der Waals surface area contributed by atoms with Gasteiger partial charge in [0, 0.05) is 29.6 Å². The summed E-state index contributed by atoms with van der Waals surface area (Å²) in [6.45, 7) is 4.43. The van der Waals surface area contributed by atoms with E-state index in [0.29, 0.717) is 34.6 Å². The Morgan fingerprint density at radius 2 is 1.83 bits per heavy atom. The minimum atomic E-state index is -0.236. The first-order valence-corrected chi connectivity index (χ1v) is 11.5. The molecule has 1 amide bonds. The Kier molecular flexibility index (Phi) is 6.22. The quantitative estimate of drug-likeness (QED) is 0.325. The van der Waals surface area contributed by atoms with Crippen LogP contribution in [0, 0.1) is 0 Å². The minimum absolute atomic E-state index is 0.106. The molecule has 35 heavy (non-hydrogen) atoms. The lowest BCUT2D eigenvalue weighted by Gasteiger charge is -2.12. The summed E-state index contributed by atoms with van der Waals surface area (Å²) in [5, 5.41) is 8.21. The van der Waals surface area contributed by atoms with Gasteiger partial charge in [-0.15, -0.1) is 0 Å². The highest BCUT2D eigenvalue weighted by atomic mass is 16.5. The zero-order chi connectivity index (χ0) is 24.2. The molecule has 3 aromatic heterocycles. The fourth-order valence-electron chi connectivity index (χ4n) is 3.84. The number of nitrogens with one attached hydrogen (secondary N) is 1. The first kappa shape index (κ1) is 22.3. The Morgan fingerprint density at radius 1 is 1.00 bits per heavy atom. The number of nitrogens with zero attached hydrogens (tertiary/aromatic N) is 4. The van der Waals surface area contributed by atoms with Gasteiger partial charge in [-0.25, -0.2) is 9.67 Å². The van der Waals surface area contributed by atoms with Gasteiger partial charge in [0.1, 0.15) is 12.4 Å². The average Bonchev–Trinajstić information content (AvgIpc) is 3.33. The second-order valence-electron chi connectivity index (χ2n) is 8.43. The van der Waals surface area contributed by atoms with Crippen LogP contribution in [0.3, 0.4) is 0 Å². The SMILES string of the molecule is CC(C)n1ncc2c(C(=O)Nc3cccc(OCc4ccccn4)c3)cc(-c3ccccc3)nc21. The van der Waals surface area contributed by atoms with Crippen molar-refractivity contribution in [3.63, 3.8) is 0 Å². The van der Waals surface area contributed by atoms with Gasteiger partial charge in [0.2, 0.25) is 0 Å². The number of aromatic nitrogens is 4. The molecule has 7 heteroatoms.